The molecular weight excluding hydrogens is 600 g/mol. The molecule has 0 saturated heterocycles. The van der Waals surface area contributed by atoms with E-state index in [0.29, 0.717) is 111 Å². The maximum Gasteiger partial charge on any atom is 0.358 e. The summed E-state index contributed by atoms with van der Waals surface area (Å²) < 4.78 is 34.6. The molecule has 0 spiro atoms. The number of azide groups is 2. The minimum Gasteiger partial charge on any atom is -0.476 e. The second-order valence-electron chi connectivity index (χ2n) is 7.89. The van der Waals surface area contributed by atoms with Gasteiger partial charge in [0.05, 0.1) is 111 Å². The van der Waals surface area contributed by atoms with Crippen molar-refractivity contribution in [2.24, 2.45) is 10.2 Å². The molecule has 2 aromatic rings. The maximum atomic E-state index is 10.6. The highest BCUT2D eigenvalue weighted by Crippen LogP contribution is 1.94. The molecule has 2 N–H and O–H groups in total. The second-order valence-corrected chi connectivity index (χ2v) is 7.89. The van der Waals surface area contributed by atoms with Gasteiger partial charge in [-0.2, -0.15) is 0 Å². The van der Waals surface area contributed by atoms with E-state index in [1.807, 2.05) is 0 Å². The molecule has 2 aromatic heterocycles. The Labute approximate surface area is 261 Å². The highest BCUT2D eigenvalue weighted by atomic mass is 16.5. The highest BCUT2D eigenvalue weighted by Gasteiger charge is 2.07. The number of hydrogen-bond donors (Lipinski definition) is 2. The largest absolute Gasteiger partial charge is 0.476 e. The molecule has 0 saturated carbocycles. The number of ether oxygens (including phenoxy) is 6. The molecule has 0 aromatic carbocycles. The van der Waals surface area contributed by atoms with Gasteiger partial charge in [-0.25, -0.2) is 14.2 Å². The van der Waals surface area contributed by atoms with Gasteiger partial charge < -0.3 is 38.6 Å². The summed E-state index contributed by atoms with van der Waals surface area (Å²) in [6, 6.07) is 0. The highest BCUT2D eigenvalue weighted by molar-refractivity contribution is 5.84. The summed E-state index contributed by atoms with van der Waals surface area (Å²) in [5.41, 5.74) is 16.5. The Kier molecular flexibility index (Phi) is 30.3. The quantitative estimate of drug-likeness (QED) is 0.0638. The number of hydrogen-bond acceptors (Lipinski definition) is 14. The molecule has 0 atom stereocenters. The number of carbonyl (C=O) groups is 1. The molecule has 0 amide bonds. The van der Waals surface area contributed by atoms with Crippen molar-refractivity contribution in [2.45, 2.75) is 34.5 Å². The fourth-order valence-corrected chi connectivity index (χ4v) is 2.73. The van der Waals surface area contributed by atoms with Crippen LogP contribution in [0.15, 0.2) is 22.6 Å². The molecule has 0 bridgehead atoms. The average molecular weight is 647 g/mol. The van der Waals surface area contributed by atoms with Crippen LogP contribution in [0.4, 0.5) is 0 Å². The van der Waals surface area contributed by atoms with Crippen molar-refractivity contribution in [1.82, 2.24) is 30.0 Å². The van der Waals surface area contributed by atoms with Crippen LogP contribution in [0.1, 0.15) is 31.0 Å². The van der Waals surface area contributed by atoms with E-state index in [2.05, 4.69) is 40.7 Å². The van der Waals surface area contributed by atoms with Gasteiger partial charge in [-0.05, 0) is 11.1 Å². The normalized spacial score (nSPS) is 9.98. The van der Waals surface area contributed by atoms with Gasteiger partial charge in [0.15, 0.2) is 5.69 Å². The Morgan fingerprint density at radius 3 is 1.47 bits per heavy atom. The fraction of sp³-hybridized carbons (Fsp3) is 0.792. The molecule has 0 unspecified atom stereocenters. The Morgan fingerprint density at radius 1 is 0.689 bits per heavy atom. The van der Waals surface area contributed by atoms with Gasteiger partial charge >= 0.3 is 5.97 Å². The van der Waals surface area contributed by atoms with Crippen molar-refractivity contribution >= 4 is 5.97 Å². The van der Waals surface area contributed by atoms with Crippen LogP contribution in [0.5, 0.6) is 0 Å². The molecule has 21 nitrogen and oxygen atoms in total. The van der Waals surface area contributed by atoms with E-state index < -0.39 is 5.97 Å². The summed E-state index contributed by atoms with van der Waals surface area (Å²) in [6.07, 6.45) is 3.02. The lowest BCUT2D eigenvalue weighted by Crippen LogP contribution is -2.13. The Morgan fingerprint density at radius 2 is 1.09 bits per heavy atom. The molecule has 0 aliphatic heterocycles. The molecular formula is C24H46N12O9. The number of aliphatic hydroxyl groups excluding tert-OH is 1. The van der Waals surface area contributed by atoms with Crippen molar-refractivity contribution in [3.63, 3.8) is 0 Å². The monoisotopic (exact) mass is 646 g/mol. The molecule has 0 fully saturated rings. The number of rotatable bonds is 26. The van der Waals surface area contributed by atoms with E-state index in [1.165, 1.54) is 10.9 Å². The first-order chi connectivity index (χ1) is 21.1. The number of aliphatic hydroxyl groups is 1. The van der Waals surface area contributed by atoms with Crippen LogP contribution in [0.3, 0.4) is 0 Å². The summed E-state index contributed by atoms with van der Waals surface area (Å²) in [7, 11) is 0. The van der Waals surface area contributed by atoms with E-state index in [4.69, 9.17) is 49.7 Å². The van der Waals surface area contributed by atoms with Gasteiger partial charge in [0, 0.05) is 22.9 Å². The summed E-state index contributed by atoms with van der Waals surface area (Å²) >= 11 is 0. The summed E-state index contributed by atoms with van der Waals surface area (Å²) in [4.78, 5) is 15.8. The number of aromatic nitrogens is 6. The van der Waals surface area contributed by atoms with Crippen molar-refractivity contribution in [2.75, 3.05) is 92.4 Å². The van der Waals surface area contributed by atoms with Crippen molar-refractivity contribution in [3.05, 3.63) is 44.7 Å². The van der Waals surface area contributed by atoms with E-state index in [1.54, 1.807) is 10.9 Å². The van der Waals surface area contributed by atoms with E-state index in [-0.39, 0.29) is 27.2 Å². The lowest BCUT2D eigenvalue weighted by molar-refractivity contribution is 0.0141. The molecule has 2 rings (SSSR count). The molecule has 21 heteroatoms. The minimum absolute atomic E-state index is 0. The van der Waals surface area contributed by atoms with E-state index >= 15 is 0 Å². The third kappa shape index (κ3) is 25.2. The lowest BCUT2D eigenvalue weighted by atomic mass is 10.5. The summed E-state index contributed by atoms with van der Waals surface area (Å²) in [5, 5.41) is 38.9. The molecule has 2 heterocycles. The van der Waals surface area contributed by atoms with Crippen LogP contribution >= 0.6 is 0 Å². The van der Waals surface area contributed by atoms with Crippen molar-refractivity contribution in [3.8, 4) is 0 Å². The van der Waals surface area contributed by atoms with Gasteiger partial charge in [0.25, 0.3) is 0 Å². The smallest absolute Gasteiger partial charge is 0.358 e. The molecule has 0 radical (unpaired) electrons. The van der Waals surface area contributed by atoms with E-state index in [0.717, 1.165) is 0 Å². The summed E-state index contributed by atoms with van der Waals surface area (Å²) in [5.74, 6) is -1.11. The number of carboxylic acids is 1. The van der Waals surface area contributed by atoms with Gasteiger partial charge in [0.1, 0.15) is 5.69 Å². The van der Waals surface area contributed by atoms with Crippen molar-refractivity contribution in [1.29, 1.82) is 0 Å². The lowest BCUT2D eigenvalue weighted by Gasteiger charge is -2.06. The number of carboxylic acid groups (broad SMARTS) is 1. The first-order valence-corrected chi connectivity index (χ1v) is 13.2. The van der Waals surface area contributed by atoms with Gasteiger partial charge in [-0.15, -0.1) is 10.2 Å². The van der Waals surface area contributed by atoms with Crippen LogP contribution in [0.25, 0.3) is 20.9 Å². The third-order valence-electron chi connectivity index (χ3n) is 4.72. The Bertz CT molecular complexity index is 1080. The third-order valence-corrected chi connectivity index (χ3v) is 4.72. The van der Waals surface area contributed by atoms with Crippen LogP contribution in [0, 0.1) is 0 Å². The van der Waals surface area contributed by atoms with Crippen LogP contribution in [0.2, 0.25) is 0 Å². The Balaban J connectivity index is 0. The first kappa shape index (κ1) is 43.2. The first-order valence-electron chi connectivity index (χ1n) is 13.2. The molecule has 45 heavy (non-hydrogen) atoms. The maximum absolute atomic E-state index is 10.6. The standard InChI is InChI=1S/C11H18N6O5.C11H20N6O4.2CH4/c12-15-13-1-3-20-5-7-22-8-6-21-4-2-17-9-10(11(18)19)14-16-17;12-15-13-1-3-19-5-7-21-8-6-20-4-2-17-9-11(10-18)14-16-17;;/h9H,1-8H2,(H,18,19);9,18H,1-8,10H2;2*1H4. The van der Waals surface area contributed by atoms with Crippen LogP contribution in [-0.2, 0) is 48.1 Å². The van der Waals surface area contributed by atoms with Crippen LogP contribution in [-0.4, -0.2) is 139 Å². The van der Waals surface area contributed by atoms with Crippen molar-refractivity contribution < 1.29 is 43.4 Å². The topological polar surface area (TPSA) is 272 Å². The predicted octanol–water partition coefficient (Wildman–Crippen LogP) is 1.74. The fourth-order valence-electron chi connectivity index (χ4n) is 2.73. The van der Waals surface area contributed by atoms with Gasteiger partial charge in [0.2, 0.25) is 0 Å². The average Bonchev–Trinajstić information content (AvgIpc) is 3.69. The SMILES string of the molecule is C.C.[N-]=[N+]=NCCOCCOCCOCCn1cc(C(=O)O)nn1.[N-]=[N+]=NCCOCCOCCOCCn1cc(CO)nn1. The zero-order chi connectivity index (χ0) is 31.2. The zero-order valence-electron chi connectivity index (χ0n) is 23.8. The Hall–Kier alpha value is -3.91. The second kappa shape index (κ2) is 31.5. The molecule has 0 aliphatic rings. The summed E-state index contributed by atoms with van der Waals surface area (Å²) in [6.45, 7) is 6.81. The zero-order valence-corrected chi connectivity index (χ0v) is 23.8. The van der Waals surface area contributed by atoms with E-state index in [9.17, 15) is 4.79 Å². The van der Waals surface area contributed by atoms with Gasteiger partial charge in [-0.3, -0.25) is 0 Å². The van der Waals surface area contributed by atoms with Crippen LogP contribution < -0.4 is 0 Å². The predicted molar refractivity (Wildman–Crippen MR) is 159 cm³/mol. The number of nitrogens with zero attached hydrogens (tertiary/aromatic N) is 12. The van der Waals surface area contributed by atoms with Gasteiger partial charge in [-0.1, -0.05) is 35.5 Å². The molecule has 0 aliphatic carbocycles. The molecule has 256 valence electrons. The minimum atomic E-state index is -1.11. The number of aromatic carboxylic acids is 1.